The second-order valence-corrected chi connectivity index (χ2v) is 5.09. The average Bonchev–Trinajstić information content (AvgIpc) is 2.49. The van der Waals surface area contributed by atoms with Gasteiger partial charge < -0.3 is 10.1 Å². The molecule has 1 heterocycles. The number of hydrogen-bond acceptors (Lipinski definition) is 3. The Labute approximate surface area is 133 Å². The van der Waals surface area contributed by atoms with Gasteiger partial charge in [0.05, 0.1) is 11.6 Å². The van der Waals surface area contributed by atoms with Crippen molar-refractivity contribution >= 4 is 34.8 Å². The first kappa shape index (κ1) is 15.6. The molecule has 0 aliphatic heterocycles. The minimum absolute atomic E-state index is 0.0930. The number of carbonyl (C=O) groups excluding carboxylic acids is 1. The second kappa shape index (κ2) is 7.29. The highest BCUT2D eigenvalue weighted by Gasteiger charge is 2.13. The predicted octanol–water partition coefficient (Wildman–Crippen LogP) is 4.43. The number of aromatic nitrogens is 1. The van der Waals surface area contributed by atoms with Gasteiger partial charge in [0.15, 0.2) is 0 Å². The van der Waals surface area contributed by atoms with Crippen LogP contribution in [0.15, 0.2) is 36.4 Å². The fourth-order valence-electron chi connectivity index (χ4n) is 1.62. The van der Waals surface area contributed by atoms with Crippen LogP contribution in [0.1, 0.15) is 23.8 Å². The van der Waals surface area contributed by atoms with E-state index in [4.69, 9.17) is 27.9 Å². The quantitative estimate of drug-likeness (QED) is 0.828. The van der Waals surface area contributed by atoms with Crippen LogP contribution in [0, 0.1) is 0 Å². The van der Waals surface area contributed by atoms with Gasteiger partial charge >= 0.3 is 0 Å². The molecule has 2 rings (SSSR count). The molecular weight excluding hydrogens is 311 g/mol. The van der Waals surface area contributed by atoms with Gasteiger partial charge in [-0.2, -0.15) is 0 Å². The van der Waals surface area contributed by atoms with E-state index in [0.717, 1.165) is 12.2 Å². The molecule has 0 saturated heterocycles. The first-order valence-electron chi connectivity index (χ1n) is 6.46. The molecule has 0 atom stereocenters. The number of rotatable bonds is 5. The Bertz CT molecular complexity index is 630. The molecule has 0 saturated carbocycles. The lowest BCUT2D eigenvalue weighted by atomic mass is 10.2. The molecule has 4 nitrogen and oxygen atoms in total. The van der Waals surface area contributed by atoms with Crippen molar-refractivity contribution in [1.82, 2.24) is 4.98 Å². The Morgan fingerprint density at radius 3 is 2.57 bits per heavy atom. The average molecular weight is 325 g/mol. The van der Waals surface area contributed by atoms with Crippen LogP contribution in [0.5, 0.6) is 5.75 Å². The lowest BCUT2D eigenvalue weighted by Crippen LogP contribution is -2.14. The van der Waals surface area contributed by atoms with Crippen LogP contribution in [-0.2, 0) is 0 Å². The molecule has 6 heteroatoms. The lowest BCUT2D eigenvalue weighted by Gasteiger charge is -2.08. The number of nitrogens with zero attached hydrogens (tertiary/aromatic N) is 1. The largest absolute Gasteiger partial charge is 0.494 e. The van der Waals surface area contributed by atoms with E-state index in [9.17, 15) is 4.79 Å². The highest BCUT2D eigenvalue weighted by molar-refractivity contribution is 6.35. The number of benzene rings is 1. The normalized spacial score (nSPS) is 10.2. The zero-order valence-electron chi connectivity index (χ0n) is 11.4. The van der Waals surface area contributed by atoms with E-state index in [2.05, 4.69) is 10.3 Å². The number of pyridine rings is 1. The Hall–Kier alpha value is -1.78. The molecule has 110 valence electrons. The van der Waals surface area contributed by atoms with E-state index in [1.54, 1.807) is 24.3 Å². The first-order chi connectivity index (χ1) is 10.1. The molecule has 21 heavy (non-hydrogen) atoms. The van der Waals surface area contributed by atoms with E-state index in [-0.39, 0.29) is 15.9 Å². The summed E-state index contributed by atoms with van der Waals surface area (Å²) in [5, 5.41) is 3.17. The van der Waals surface area contributed by atoms with Gasteiger partial charge in [-0.25, -0.2) is 4.98 Å². The van der Waals surface area contributed by atoms with Crippen molar-refractivity contribution in [2.24, 2.45) is 0 Å². The van der Waals surface area contributed by atoms with Gasteiger partial charge in [-0.15, -0.1) is 0 Å². The maximum atomic E-state index is 12.1. The third-order valence-electron chi connectivity index (χ3n) is 2.61. The second-order valence-electron chi connectivity index (χ2n) is 4.29. The van der Waals surface area contributed by atoms with Crippen molar-refractivity contribution in [2.45, 2.75) is 13.3 Å². The van der Waals surface area contributed by atoms with Gasteiger partial charge in [-0.05, 0) is 42.8 Å². The third-order valence-corrected chi connectivity index (χ3v) is 3.13. The van der Waals surface area contributed by atoms with Crippen molar-refractivity contribution < 1.29 is 9.53 Å². The SMILES string of the molecule is CCCOc1ccc(NC(=O)c2nc(Cl)ccc2Cl)cc1. The number of ether oxygens (including phenoxy) is 1. The summed E-state index contributed by atoms with van der Waals surface area (Å²) in [6, 6.07) is 10.1. The highest BCUT2D eigenvalue weighted by atomic mass is 35.5. The van der Waals surface area contributed by atoms with Gasteiger partial charge in [-0.1, -0.05) is 30.1 Å². The molecule has 0 fully saturated rings. The number of nitrogens with one attached hydrogen (secondary N) is 1. The highest BCUT2D eigenvalue weighted by Crippen LogP contribution is 2.20. The van der Waals surface area contributed by atoms with Gasteiger partial charge in [0.25, 0.3) is 5.91 Å². The molecule has 0 unspecified atom stereocenters. The monoisotopic (exact) mass is 324 g/mol. The molecule has 2 aromatic rings. The van der Waals surface area contributed by atoms with Gasteiger partial charge in [0, 0.05) is 5.69 Å². The molecule has 0 aliphatic rings. The number of carbonyl (C=O) groups is 1. The van der Waals surface area contributed by atoms with Crippen LogP contribution in [0.4, 0.5) is 5.69 Å². The number of hydrogen-bond donors (Lipinski definition) is 1. The molecule has 1 amide bonds. The minimum atomic E-state index is -0.412. The zero-order valence-corrected chi connectivity index (χ0v) is 12.9. The van der Waals surface area contributed by atoms with Crippen LogP contribution in [-0.4, -0.2) is 17.5 Å². The Kier molecular flexibility index (Phi) is 5.42. The molecule has 1 N–H and O–H groups in total. The van der Waals surface area contributed by atoms with Crippen molar-refractivity contribution in [3.8, 4) is 5.75 Å². The van der Waals surface area contributed by atoms with E-state index in [1.165, 1.54) is 12.1 Å². The van der Waals surface area contributed by atoms with Crippen LogP contribution >= 0.6 is 23.2 Å². The van der Waals surface area contributed by atoms with Gasteiger partial charge in [0.2, 0.25) is 0 Å². The summed E-state index contributed by atoms with van der Waals surface area (Å²) in [5.41, 5.74) is 0.720. The van der Waals surface area contributed by atoms with Crippen molar-refractivity contribution in [3.05, 3.63) is 52.3 Å². The van der Waals surface area contributed by atoms with E-state index in [0.29, 0.717) is 12.3 Å². The molecule has 0 bridgehead atoms. The maximum Gasteiger partial charge on any atom is 0.275 e. The van der Waals surface area contributed by atoms with E-state index >= 15 is 0 Å². The van der Waals surface area contributed by atoms with Crippen LogP contribution in [0.2, 0.25) is 10.2 Å². The Balaban J connectivity index is 2.07. The van der Waals surface area contributed by atoms with E-state index in [1.807, 2.05) is 6.92 Å². The summed E-state index contributed by atoms with van der Waals surface area (Å²) < 4.78 is 5.47. The molecular formula is C15H14Cl2N2O2. The summed E-state index contributed by atoms with van der Waals surface area (Å²) >= 11 is 11.7. The molecule has 1 aromatic heterocycles. The standard InChI is InChI=1S/C15H14Cl2N2O2/c1-2-9-21-11-5-3-10(4-6-11)18-15(20)14-12(16)7-8-13(17)19-14/h3-8H,2,9H2,1H3,(H,18,20). The van der Waals surface area contributed by atoms with Crippen molar-refractivity contribution in [2.75, 3.05) is 11.9 Å². The van der Waals surface area contributed by atoms with Gasteiger partial charge in [0.1, 0.15) is 16.6 Å². The number of amides is 1. The summed E-state index contributed by atoms with van der Waals surface area (Å²) in [4.78, 5) is 16.0. The maximum absolute atomic E-state index is 12.1. The van der Waals surface area contributed by atoms with Crippen LogP contribution in [0.25, 0.3) is 0 Å². The zero-order chi connectivity index (χ0) is 15.2. The molecule has 1 aromatic carbocycles. The predicted molar refractivity (Wildman–Crippen MR) is 84.4 cm³/mol. The number of halogens is 2. The summed E-state index contributed by atoms with van der Waals surface area (Å²) in [6.07, 6.45) is 0.942. The van der Waals surface area contributed by atoms with E-state index < -0.39 is 5.91 Å². The summed E-state index contributed by atoms with van der Waals surface area (Å²) in [5.74, 6) is 0.346. The summed E-state index contributed by atoms with van der Waals surface area (Å²) in [6.45, 7) is 2.70. The minimum Gasteiger partial charge on any atom is -0.494 e. The third kappa shape index (κ3) is 4.34. The Morgan fingerprint density at radius 2 is 1.90 bits per heavy atom. The number of anilines is 1. The van der Waals surface area contributed by atoms with Gasteiger partial charge in [-0.3, -0.25) is 4.79 Å². The van der Waals surface area contributed by atoms with Crippen molar-refractivity contribution in [1.29, 1.82) is 0 Å². The summed E-state index contributed by atoms with van der Waals surface area (Å²) in [7, 11) is 0. The van der Waals surface area contributed by atoms with Crippen molar-refractivity contribution in [3.63, 3.8) is 0 Å². The van der Waals surface area contributed by atoms with Crippen LogP contribution in [0.3, 0.4) is 0 Å². The lowest BCUT2D eigenvalue weighted by molar-refractivity contribution is 0.102. The molecule has 0 spiro atoms. The topological polar surface area (TPSA) is 51.2 Å². The fourth-order valence-corrected chi connectivity index (χ4v) is 1.96. The smallest absolute Gasteiger partial charge is 0.275 e. The molecule has 0 aliphatic carbocycles. The fraction of sp³-hybridized carbons (Fsp3) is 0.200. The van der Waals surface area contributed by atoms with Crippen LogP contribution < -0.4 is 10.1 Å². The first-order valence-corrected chi connectivity index (χ1v) is 7.22. The Morgan fingerprint density at radius 1 is 1.19 bits per heavy atom. The molecule has 0 radical (unpaired) electrons.